The molecule has 1 heterocycles. The van der Waals surface area contributed by atoms with Crippen LogP contribution in [0.4, 0.5) is 4.79 Å². The van der Waals surface area contributed by atoms with Crippen molar-refractivity contribution in [3.63, 3.8) is 0 Å². The molecule has 4 heteroatoms. The maximum Gasteiger partial charge on any atom is 0.328 e. The van der Waals surface area contributed by atoms with E-state index >= 15 is 0 Å². The lowest BCUT2D eigenvalue weighted by molar-refractivity contribution is 0.242. The quantitative estimate of drug-likeness (QED) is 0.770. The molecule has 2 aromatic rings. The molecular weight excluding hydrogens is 192 g/mol. The summed E-state index contributed by atoms with van der Waals surface area (Å²) >= 11 is 0. The van der Waals surface area contributed by atoms with Gasteiger partial charge in [-0.2, -0.15) is 0 Å². The van der Waals surface area contributed by atoms with Gasteiger partial charge in [0.05, 0.1) is 12.6 Å². The van der Waals surface area contributed by atoms with Gasteiger partial charge in [0, 0.05) is 18.5 Å². The van der Waals surface area contributed by atoms with Crippen molar-refractivity contribution in [2.45, 2.75) is 0 Å². The van der Waals surface area contributed by atoms with E-state index < -0.39 is 0 Å². The number of hydrogen-bond acceptors (Lipinski definition) is 2. The van der Waals surface area contributed by atoms with Gasteiger partial charge in [-0.25, -0.2) is 9.36 Å². The Hall–Kier alpha value is -1.97. The predicted molar refractivity (Wildman–Crippen MR) is 58.3 cm³/mol. The summed E-state index contributed by atoms with van der Waals surface area (Å²) in [5.74, 6) is 0.538. The Kier molecular flexibility index (Phi) is 2.33. The van der Waals surface area contributed by atoms with Crippen molar-refractivity contribution in [3.8, 4) is 5.88 Å². The number of amides is 1. The second-order valence-corrected chi connectivity index (χ2v) is 3.14. The summed E-state index contributed by atoms with van der Waals surface area (Å²) in [5.41, 5.74) is 0.841. The summed E-state index contributed by atoms with van der Waals surface area (Å²) in [7, 11) is 3.14. The number of methoxy groups -OCH3 is 1. The number of ether oxygens (including phenoxy) is 1. The third-order valence-corrected chi connectivity index (χ3v) is 2.30. The molecule has 0 aliphatic heterocycles. The van der Waals surface area contributed by atoms with E-state index in [9.17, 15) is 4.79 Å². The summed E-state index contributed by atoms with van der Waals surface area (Å²) in [4.78, 5) is 11.6. The number of fused-ring (bicyclic) bond motifs is 1. The summed E-state index contributed by atoms with van der Waals surface area (Å²) in [6, 6.07) is 9.28. The molecule has 0 bridgehead atoms. The minimum absolute atomic E-state index is 0.201. The third kappa shape index (κ3) is 1.44. The molecule has 0 spiro atoms. The molecule has 15 heavy (non-hydrogen) atoms. The van der Waals surface area contributed by atoms with Crippen molar-refractivity contribution in [2.75, 3.05) is 14.2 Å². The maximum absolute atomic E-state index is 11.6. The Bertz CT molecular complexity index is 502. The van der Waals surface area contributed by atoms with E-state index in [0.29, 0.717) is 5.88 Å². The Morgan fingerprint density at radius 2 is 2.13 bits per heavy atom. The lowest BCUT2D eigenvalue weighted by Gasteiger charge is -2.06. The lowest BCUT2D eigenvalue weighted by atomic mass is 10.2. The van der Waals surface area contributed by atoms with Crippen LogP contribution in [0.3, 0.4) is 0 Å². The van der Waals surface area contributed by atoms with Gasteiger partial charge in [-0.1, -0.05) is 18.2 Å². The standard InChI is InChI=1S/C11H12N2O2/c1-12-11(14)13-9-6-4-3-5-8(9)7-10(13)15-2/h3-7H,1-2H3,(H,12,14). The van der Waals surface area contributed by atoms with Gasteiger partial charge in [0.2, 0.25) is 5.88 Å². The van der Waals surface area contributed by atoms with Crippen LogP contribution in [-0.2, 0) is 0 Å². The molecule has 0 fully saturated rings. The van der Waals surface area contributed by atoms with Crippen LogP contribution >= 0.6 is 0 Å². The van der Waals surface area contributed by atoms with Gasteiger partial charge in [0.25, 0.3) is 0 Å². The molecule has 0 aliphatic carbocycles. The van der Waals surface area contributed by atoms with Crippen molar-refractivity contribution in [3.05, 3.63) is 30.3 Å². The maximum atomic E-state index is 11.6. The summed E-state index contributed by atoms with van der Waals surface area (Å²) in [5, 5.41) is 3.56. The molecule has 1 aromatic heterocycles. The first-order chi connectivity index (χ1) is 7.27. The van der Waals surface area contributed by atoms with Crippen LogP contribution in [0.5, 0.6) is 5.88 Å². The van der Waals surface area contributed by atoms with E-state index in [4.69, 9.17) is 4.74 Å². The van der Waals surface area contributed by atoms with Gasteiger partial charge in [0.15, 0.2) is 0 Å². The first-order valence-electron chi connectivity index (χ1n) is 4.64. The van der Waals surface area contributed by atoms with Gasteiger partial charge in [-0.3, -0.25) is 0 Å². The third-order valence-electron chi connectivity index (χ3n) is 2.30. The Morgan fingerprint density at radius 1 is 1.40 bits per heavy atom. The number of benzene rings is 1. The monoisotopic (exact) mass is 204 g/mol. The van der Waals surface area contributed by atoms with Crippen LogP contribution in [0.1, 0.15) is 0 Å². The van der Waals surface area contributed by atoms with Crippen LogP contribution < -0.4 is 10.1 Å². The summed E-state index contributed by atoms with van der Waals surface area (Å²) in [6.45, 7) is 0. The van der Waals surface area contributed by atoms with Crippen molar-refractivity contribution < 1.29 is 9.53 Å². The number of nitrogens with one attached hydrogen (secondary N) is 1. The highest BCUT2D eigenvalue weighted by Gasteiger charge is 2.13. The van der Waals surface area contributed by atoms with Gasteiger partial charge in [-0.15, -0.1) is 0 Å². The second kappa shape index (κ2) is 3.65. The van der Waals surface area contributed by atoms with Crippen LogP contribution in [0.2, 0.25) is 0 Å². The largest absolute Gasteiger partial charge is 0.482 e. The molecule has 1 aromatic carbocycles. The Morgan fingerprint density at radius 3 is 2.80 bits per heavy atom. The molecule has 1 N–H and O–H groups in total. The van der Waals surface area contributed by atoms with Crippen molar-refractivity contribution >= 4 is 16.9 Å². The smallest absolute Gasteiger partial charge is 0.328 e. The Balaban J connectivity index is 2.72. The normalized spacial score (nSPS) is 10.3. The van der Waals surface area contributed by atoms with Crippen LogP contribution in [0.15, 0.2) is 30.3 Å². The van der Waals surface area contributed by atoms with Crippen molar-refractivity contribution in [1.29, 1.82) is 0 Å². The molecular formula is C11H12N2O2. The molecule has 0 atom stereocenters. The number of hydrogen-bond donors (Lipinski definition) is 1. The average molecular weight is 204 g/mol. The first kappa shape index (κ1) is 9.58. The van der Waals surface area contributed by atoms with Crippen LogP contribution in [0.25, 0.3) is 10.9 Å². The van der Waals surface area contributed by atoms with E-state index in [1.54, 1.807) is 14.2 Å². The zero-order valence-corrected chi connectivity index (χ0v) is 8.65. The molecule has 0 saturated heterocycles. The van der Waals surface area contributed by atoms with Gasteiger partial charge in [0.1, 0.15) is 0 Å². The van der Waals surface area contributed by atoms with Crippen LogP contribution in [-0.4, -0.2) is 24.8 Å². The highest BCUT2D eigenvalue weighted by molar-refractivity contribution is 5.93. The molecule has 2 rings (SSSR count). The Labute approximate surface area is 87.5 Å². The van der Waals surface area contributed by atoms with Gasteiger partial charge in [-0.05, 0) is 6.07 Å². The number of nitrogens with zero attached hydrogens (tertiary/aromatic N) is 1. The second-order valence-electron chi connectivity index (χ2n) is 3.14. The minimum Gasteiger partial charge on any atom is -0.482 e. The highest BCUT2D eigenvalue weighted by atomic mass is 16.5. The van der Waals surface area contributed by atoms with Crippen LogP contribution in [0, 0.1) is 0 Å². The zero-order valence-electron chi connectivity index (χ0n) is 8.65. The van der Waals surface area contributed by atoms with Gasteiger partial charge < -0.3 is 10.1 Å². The topological polar surface area (TPSA) is 43.3 Å². The lowest BCUT2D eigenvalue weighted by Crippen LogP contribution is -2.24. The van der Waals surface area contributed by atoms with E-state index in [0.717, 1.165) is 10.9 Å². The van der Waals surface area contributed by atoms with E-state index in [1.165, 1.54) is 4.57 Å². The van der Waals surface area contributed by atoms with E-state index in [1.807, 2.05) is 30.3 Å². The van der Waals surface area contributed by atoms with Crippen molar-refractivity contribution in [1.82, 2.24) is 9.88 Å². The predicted octanol–water partition coefficient (Wildman–Crippen LogP) is 1.84. The van der Waals surface area contributed by atoms with Gasteiger partial charge >= 0.3 is 6.03 Å². The van der Waals surface area contributed by atoms with E-state index in [-0.39, 0.29) is 6.03 Å². The molecule has 0 unspecified atom stereocenters. The van der Waals surface area contributed by atoms with Crippen molar-refractivity contribution in [2.24, 2.45) is 0 Å². The number of rotatable bonds is 1. The minimum atomic E-state index is -0.201. The summed E-state index contributed by atoms with van der Waals surface area (Å²) < 4.78 is 6.66. The number of carbonyl (C=O) groups is 1. The molecule has 78 valence electrons. The highest BCUT2D eigenvalue weighted by Crippen LogP contribution is 2.24. The number of para-hydroxylation sites is 1. The molecule has 1 amide bonds. The molecule has 0 radical (unpaired) electrons. The molecule has 0 aliphatic rings. The summed E-state index contributed by atoms with van der Waals surface area (Å²) in [6.07, 6.45) is 0. The number of aromatic nitrogens is 1. The fourth-order valence-corrected chi connectivity index (χ4v) is 1.60. The average Bonchev–Trinajstić information content (AvgIpc) is 2.66. The molecule has 0 saturated carbocycles. The molecule has 4 nitrogen and oxygen atoms in total. The number of carbonyl (C=O) groups excluding carboxylic acids is 1. The fourth-order valence-electron chi connectivity index (χ4n) is 1.60. The SMILES string of the molecule is CNC(=O)n1c(OC)cc2ccccc21. The zero-order chi connectivity index (χ0) is 10.8. The first-order valence-corrected chi connectivity index (χ1v) is 4.64. The van der Waals surface area contributed by atoms with E-state index in [2.05, 4.69) is 5.32 Å². The fraction of sp³-hybridized carbons (Fsp3) is 0.182.